The Morgan fingerprint density at radius 2 is 2.32 bits per heavy atom. The smallest absolute Gasteiger partial charge is 0.238 e. The van der Waals surface area contributed by atoms with E-state index in [-0.39, 0.29) is 18.0 Å². The topological polar surface area (TPSA) is 80.0 Å². The molecule has 1 saturated heterocycles. The van der Waals surface area contributed by atoms with Gasteiger partial charge < -0.3 is 9.84 Å². The number of amides is 1. The number of nitrogens with one attached hydrogen (secondary N) is 2. The maximum Gasteiger partial charge on any atom is 0.238 e. The Morgan fingerprint density at radius 3 is 3.05 bits per heavy atom. The molecule has 2 aromatic rings. The van der Waals surface area contributed by atoms with Crippen molar-refractivity contribution < 1.29 is 9.32 Å². The molecular weight excluding hydrogens is 300 g/mol. The first kappa shape index (κ1) is 15.1. The summed E-state index contributed by atoms with van der Waals surface area (Å²) in [5.74, 6) is 2.65. The highest BCUT2D eigenvalue weighted by Crippen LogP contribution is 2.14. The fourth-order valence-electron chi connectivity index (χ4n) is 2.23. The van der Waals surface area contributed by atoms with E-state index in [0.29, 0.717) is 18.1 Å². The first-order chi connectivity index (χ1) is 10.7. The lowest BCUT2D eigenvalue weighted by Gasteiger charge is -2.13. The van der Waals surface area contributed by atoms with E-state index in [4.69, 9.17) is 4.52 Å². The van der Waals surface area contributed by atoms with Gasteiger partial charge in [-0.2, -0.15) is 4.98 Å². The normalized spacial score (nSPS) is 19.0. The molecule has 1 aliphatic rings. The van der Waals surface area contributed by atoms with Crippen LogP contribution in [0.15, 0.2) is 34.9 Å². The quantitative estimate of drug-likeness (QED) is 0.870. The van der Waals surface area contributed by atoms with E-state index in [1.807, 2.05) is 37.3 Å². The summed E-state index contributed by atoms with van der Waals surface area (Å²) < 4.78 is 5.26. The Labute approximate surface area is 133 Å². The van der Waals surface area contributed by atoms with Crippen molar-refractivity contribution in [3.05, 3.63) is 47.6 Å². The fourth-order valence-corrected chi connectivity index (χ4v) is 3.17. The van der Waals surface area contributed by atoms with Crippen LogP contribution in [0.1, 0.15) is 30.2 Å². The van der Waals surface area contributed by atoms with Crippen molar-refractivity contribution in [2.24, 2.45) is 0 Å². The molecule has 1 amide bonds. The van der Waals surface area contributed by atoms with E-state index in [0.717, 1.165) is 17.2 Å². The lowest BCUT2D eigenvalue weighted by atomic mass is 10.1. The molecule has 7 heteroatoms. The van der Waals surface area contributed by atoms with Gasteiger partial charge in [0.15, 0.2) is 5.82 Å². The lowest BCUT2D eigenvalue weighted by Crippen LogP contribution is -2.43. The van der Waals surface area contributed by atoms with E-state index >= 15 is 0 Å². The van der Waals surface area contributed by atoms with Crippen LogP contribution >= 0.6 is 11.8 Å². The monoisotopic (exact) mass is 318 g/mol. The highest BCUT2D eigenvalue weighted by molar-refractivity contribution is 7.99. The molecule has 6 nitrogen and oxygen atoms in total. The molecule has 1 aromatic heterocycles. The molecular formula is C15H18N4O2S. The minimum absolute atomic E-state index is 0.0214. The van der Waals surface area contributed by atoms with Crippen molar-refractivity contribution in [1.29, 1.82) is 0 Å². The summed E-state index contributed by atoms with van der Waals surface area (Å²) in [6.45, 7) is 1.86. The van der Waals surface area contributed by atoms with E-state index in [2.05, 4.69) is 20.8 Å². The van der Waals surface area contributed by atoms with Gasteiger partial charge in [0.1, 0.15) is 0 Å². The Morgan fingerprint density at radius 1 is 1.50 bits per heavy atom. The summed E-state index contributed by atoms with van der Waals surface area (Å²) in [6, 6.07) is 9.54. The standard InChI is InChI=1S/C15H18N4O2S/c1-10(17-15(20)12-8-22-9-16-12)14-18-13(21-19-14)7-11-5-3-2-4-6-11/h2-6,10,12,16H,7-9H2,1H3,(H,17,20). The van der Waals surface area contributed by atoms with Crippen LogP contribution in [0.25, 0.3) is 0 Å². The third kappa shape index (κ3) is 3.66. The van der Waals surface area contributed by atoms with Gasteiger partial charge >= 0.3 is 0 Å². The first-order valence-corrected chi connectivity index (χ1v) is 8.36. The van der Waals surface area contributed by atoms with Crippen LogP contribution in [-0.2, 0) is 11.2 Å². The predicted octanol–water partition coefficient (Wildman–Crippen LogP) is 1.50. The summed E-state index contributed by atoms with van der Waals surface area (Å²) in [7, 11) is 0. The van der Waals surface area contributed by atoms with Gasteiger partial charge in [-0.25, -0.2) is 0 Å². The van der Waals surface area contributed by atoms with Crippen molar-refractivity contribution in [3.8, 4) is 0 Å². The van der Waals surface area contributed by atoms with E-state index in [1.54, 1.807) is 11.8 Å². The third-order valence-corrected chi connectivity index (χ3v) is 4.40. The zero-order chi connectivity index (χ0) is 15.4. The van der Waals surface area contributed by atoms with Crippen LogP contribution in [0.3, 0.4) is 0 Å². The summed E-state index contributed by atoms with van der Waals surface area (Å²) in [5, 5.41) is 10.0. The zero-order valence-corrected chi connectivity index (χ0v) is 13.1. The van der Waals surface area contributed by atoms with Gasteiger partial charge in [0.25, 0.3) is 0 Å². The second kappa shape index (κ2) is 6.93. The third-order valence-electron chi connectivity index (χ3n) is 3.46. The molecule has 3 rings (SSSR count). The van der Waals surface area contributed by atoms with Crippen molar-refractivity contribution in [3.63, 3.8) is 0 Å². The molecule has 0 bridgehead atoms. The lowest BCUT2D eigenvalue weighted by molar-refractivity contribution is -0.123. The van der Waals surface area contributed by atoms with Gasteiger partial charge in [0.2, 0.25) is 11.8 Å². The van der Waals surface area contributed by atoms with Crippen LogP contribution in [0.5, 0.6) is 0 Å². The summed E-state index contributed by atoms with van der Waals surface area (Å²) in [4.78, 5) is 16.4. The Kier molecular flexibility index (Phi) is 4.74. The highest BCUT2D eigenvalue weighted by atomic mass is 32.2. The molecule has 0 radical (unpaired) electrons. The molecule has 0 spiro atoms. The average molecular weight is 318 g/mol. The van der Waals surface area contributed by atoms with Crippen LogP contribution in [0.2, 0.25) is 0 Å². The number of thioether (sulfide) groups is 1. The van der Waals surface area contributed by atoms with Crippen LogP contribution < -0.4 is 10.6 Å². The molecule has 2 heterocycles. The Balaban J connectivity index is 1.59. The highest BCUT2D eigenvalue weighted by Gasteiger charge is 2.25. The van der Waals surface area contributed by atoms with E-state index in [1.165, 1.54) is 0 Å². The van der Waals surface area contributed by atoms with E-state index in [9.17, 15) is 4.79 Å². The maximum absolute atomic E-state index is 12.1. The molecule has 22 heavy (non-hydrogen) atoms. The maximum atomic E-state index is 12.1. The molecule has 2 N–H and O–H groups in total. The molecule has 0 saturated carbocycles. The minimum atomic E-state index is -0.270. The summed E-state index contributed by atoms with van der Waals surface area (Å²) in [5.41, 5.74) is 1.11. The van der Waals surface area contributed by atoms with Gasteiger partial charge in [-0.1, -0.05) is 35.5 Å². The van der Waals surface area contributed by atoms with Gasteiger partial charge in [-0.05, 0) is 12.5 Å². The SMILES string of the molecule is CC(NC(=O)C1CSCN1)c1noc(Cc2ccccc2)n1. The number of nitrogens with zero attached hydrogens (tertiary/aromatic N) is 2. The zero-order valence-electron chi connectivity index (χ0n) is 12.3. The largest absolute Gasteiger partial charge is 0.345 e. The van der Waals surface area contributed by atoms with Gasteiger partial charge in [-0.15, -0.1) is 11.8 Å². The molecule has 2 atom stereocenters. The predicted molar refractivity (Wildman–Crippen MR) is 84.4 cm³/mol. The van der Waals surface area contributed by atoms with E-state index < -0.39 is 0 Å². The Bertz CT molecular complexity index is 625. The van der Waals surface area contributed by atoms with Crippen LogP contribution in [-0.4, -0.2) is 33.7 Å². The number of carbonyl (C=O) groups is 1. The number of hydrogen-bond donors (Lipinski definition) is 2. The second-order valence-electron chi connectivity index (χ2n) is 5.21. The molecule has 1 aliphatic heterocycles. The van der Waals surface area contributed by atoms with Gasteiger partial charge in [0, 0.05) is 11.6 Å². The number of carbonyl (C=O) groups excluding carboxylic acids is 1. The van der Waals surface area contributed by atoms with Crippen LogP contribution in [0.4, 0.5) is 0 Å². The Hall–Kier alpha value is -1.86. The number of benzene rings is 1. The van der Waals surface area contributed by atoms with Crippen molar-refractivity contribution in [2.45, 2.75) is 25.4 Å². The van der Waals surface area contributed by atoms with Crippen LogP contribution in [0, 0.1) is 0 Å². The number of aromatic nitrogens is 2. The van der Waals surface area contributed by atoms with Gasteiger partial charge in [0.05, 0.1) is 18.5 Å². The van der Waals surface area contributed by atoms with Crippen molar-refractivity contribution in [1.82, 2.24) is 20.8 Å². The van der Waals surface area contributed by atoms with Gasteiger partial charge in [-0.3, -0.25) is 10.1 Å². The number of hydrogen-bond acceptors (Lipinski definition) is 6. The fraction of sp³-hybridized carbons (Fsp3) is 0.400. The molecule has 1 fully saturated rings. The minimum Gasteiger partial charge on any atom is -0.345 e. The first-order valence-electron chi connectivity index (χ1n) is 7.20. The summed E-state index contributed by atoms with van der Waals surface area (Å²) >= 11 is 1.72. The molecule has 1 aromatic carbocycles. The molecule has 0 aliphatic carbocycles. The second-order valence-corrected chi connectivity index (χ2v) is 6.24. The molecule has 2 unspecified atom stereocenters. The summed E-state index contributed by atoms with van der Waals surface area (Å²) in [6.07, 6.45) is 0.593. The number of rotatable bonds is 5. The average Bonchev–Trinajstić information content (AvgIpc) is 3.19. The van der Waals surface area contributed by atoms with Crippen molar-refractivity contribution >= 4 is 17.7 Å². The van der Waals surface area contributed by atoms with Crippen molar-refractivity contribution in [2.75, 3.05) is 11.6 Å². The molecule has 116 valence electrons.